The highest BCUT2D eigenvalue weighted by molar-refractivity contribution is 5.79. The maximum atomic E-state index is 12.3. The summed E-state index contributed by atoms with van der Waals surface area (Å²) in [6, 6.07) is 7.23. The molecule has 0 aliphatic carbocycles. The quantitative estimate of drug-likeness (QED) is 0.859. The van der Waals surface area contributed by atoms with Gasteiger partial charge in [-0.05, 0) is 17.7 Å². The van der Waals surface area contributed by atoms with E-state index >= 15 is 0 Å². The van der Waals surface area contributed by atoms with Crippen molar-refractivity contribution >= 4 is 5.91 Å². The van der Waals surface area contributed by atoms with Crippen LogP contribution in [0.4, 0.5) is 0 Å². The first-order chi connectivity index (χ1) is 9.24. The average molecular weight is 265 g/mol. The van der Waals surface area contributed by atoms with Gasteiger partial charge in [0.1, 0.15) is 5.75 Å². The molecule has 5 heteroatoms. The molecule has 1 aromatic carbocycles. The van der Waals surface area contributed by atoms with Gasteiger partial charge < -0.3 is 19.5 Å². The average Bonchev–Trinajstić information content (AvgIpc) is 2.47. The smallest absolute Gasteiger partial charge is 0.227 e. The Hall–Kier alpha value is -1.59. The molecule has 1 unspecified atom stereocenters. The first kappa shape index (κ1) is 13.8. The number of ether oxygens (including phenoxy) is 2. The van der Waals surface area contributed by atoms with Gasteiger partial charge in [0.25, 0.3) is 0 Å². The number of amides is 1. The largest absolute Gasteiger partial charge is 0.497 e. The van der Waals surface area contributed by atoms with E-state index in [-0.39, 0.29) is 18.6 Å². The number of aliphatic hydroxyl groups excluding tert-OH is 1. The molecule has 1 N–H and O–H groups in total. The van der Waals surface area contributed by atoms with E-state index < -0.39 is 0 Å². The van der Waals surface area contributed by atoms with E-state index in [1.807, 2.05) is 24.3 Å². The summed E-state index contributed by atoms with van der Waals surface area (Å²) in [5.74, 6) is 0.751. The molecule has 1 aliphatic rings. The fourth-order valence-electron chi connectivity index (χ4n) is 2.19. The van der Waals surface area contributed by atoms with E-state index in [4.69, 9.17) is 9.47 Å². The number of hydrogen-bond donors (Lipinski definition) is 1. The van der Waals surface area contributed by atoms with Crippen molar-refractivity contribution < 1.29 is 19.4 Å². The van der Waals surface area contributed by atoms with Crippen LogP contribution in [0.2, 0.25) is 0 Å². The fraction of sp³-hybridized carbons (Fsp3) is 0.500. The number of aliphatic hydroxyl groups is 1. The molecule has 0 bridgehead atoms. The van der Waals surface area contributed by atoms with Crippen molar-refractivity contribution in [3.8, 4) is 5.75 Å². The summed E-state index contributed by atoms with van der Waals surface area (Å²) in [6.45, 7) is 1.40. The Morgan fingerprint density at radius 3 is 3.16 bits per heavy atom. The molecule has 5 nitrogen and oxygen atoms in total. The maximum Gasteiger partial charge on any atom is 0.227 e. The molecule has 0 aromatic heterocycles. The van der Waals surface area contributed by atoms with Crippen LogP contribution in [0.1, 0.15) is 5.56 Å². The lowest BCUT2D eigenvalue weighted by Crippen LogP contribution is -2.51. The second kappa shape index (κ2) is 6.54. The Balaban J connectivity index is 2.02. The standard InChI is InChI=1S/C14H19NO4/c1-18-13-4-2-3-11(7-13)8-14(17)15-5-6-19-10-12(15)9-16/h2-4,7,12,16H,5-6,8-10H2,1H3. The minimum Gasteiger partial charge on any atom is -0.497 e. The SMILES string of the molecule is COc1cccc(CC(=O)N2CCOCC2CO)c1. The van der Waals surface area contributed by atoms with Crippen LogP contribution in [-0.4, -0.2) is 55.4 Å². The van der Waals surface area contributed by atoms with Crippen molar-refractivity contribution in [2.45, 2.75) is 12.5 Å². The van der Waals surface area contributed by atoms with E-state index in [1.165, 1.54) is 0 Å². The zero-order valence-corrected chi connectivity index (χ0v) is 11.0. The number of morpholine rings is 1. The molecular formula is C14H19NO4. The Kier molecular flexibility index (Phi) is 4.76. The van der Waals surface area contributed by atoms with Gasteiger partial charge in [-0.2, -0.15) is 0 Å². The second-order valence-corrected chi connectivity index (χ2v) is 4.53. The number of hydrogen-bond acceptors (Lipinski definition) is 4. The van der Waals surface area contributed by atoms with Gasteiger partial charge >= 0.3 is 0 Å². The van der Waals surface area contributed by atoms with Crippen molar-refractivity contribution in [1.29, 1.82) is 0 Å². The fourth-order valence-corrected chi connectivity index (χ4v) is 2.19. The van der Waals surface area contributed by atoms with Gasteiger partial charge in [0.05, 0.1) is 39.4 Å². The van der Waals surface area contributed by atoms with Gasteiger partial charge in [0.15, 0.2) is 0 Å². The molecule has 0 saturated carbocycles. The number of nitrogens with zero attached hydrogens (tertiary/aromatic N) is 1. The van der Waals surface area contributed by atoms with Gasteiger partial charge in [-0.1, -0.05) is 12.1 Å². The number of benzene rings is 1. The third-order valence-corrected chi connectivity index (χ3v) is 3.25. The number of carbonyl (C=O) groups is 1. The van der Waals surface area contributed by atoms with Gasteiger partial charge in [-0.25, -0.2) is 0 Å². The molecular weight excluding hydrogens is 246 g/mol. The first-order valence-electron chi connectivity index (χ1n) is 6.35. The summed E-state index contributed by atoms with van der Waals surface area (Å²) in [4.78, 5) is 14.0. The Morgan fingerprint density at radius 2 is 2.42 bits per heavy atom. The molecule has 2 rings (SSSR count). The highest BCUT2D eigenvalue weighted by atomic mass is 16.5. The minimum absolute atomic E-state index is 0.00982. The topological polar surface area (TPSA) is 59.0 Å². The van der Waals surface area contributed by atoms with Crippen LogP contribution in [-0.2, 0) is 16.0 Å². The zero-order chi connectivity index (χ0) is 13.7. The van der Waals surface area contributed by atoms with Crippen LogP contribution >= 0.6 is 0 Å². The number of methoxy groups -OCH3 is 1. The molecule has 1 aliphatic heterocycles. The van der Waals surface area contributed by atoms with Gasteiger partial charge in [0, 0.05) is 6.54 Å². The highest BCUT2D eigenvalue weighted by Gasteiger charge is 2.26. The molecule has 1 heterocycles. The normalized spacial score (nSPS) is 19.3. The molecule has 0 radical (unpaired) electrons. The number of rotatable bonds is 4. The summed E-state index contributed by atoms with van der Waals surface area (Å²) in [6.07, 6.45) is 0.313. The van der Waals surface area contributed by atoms with Gasteiger partial charge in [-0.15, -0.1) is 0 Å². The first-order valence-corrected chi connectivity index (χ1v) is 6.35. The van der Waals surface area contributed by atoms with Crippen molar-refractivity contribution in [3.63, 3.8) is 0 Å². The third kappa shape index (κ3) is 3.45. The van der Waals surface area contributed by atoms with Gasteiger partial charge in [0.2, 0.25) is 5.91 Å². The molecule has 0 spiro atoms. The summed E-state index contributed by atoms with van der Waals surface area (Å²) in [5.41, 5.74) is 0.910. The Labute approximate surface area is 112 Å². The van der Waals surface area contributed by atoms with Crippen molar-refractivity contribution in [2.24, 2.45) is 0 Å². The predicted octanol–water partition coefficient (Wildman–Crippen LogP) is 0.457. The summed E-state index contributed by atoms with van der Waals surface area (Å²) in [5, 5.41) is 9.26. The van der Waals surface area contributed by atoms with E-state index in [2.05, 4.69) is 0 Å². The van der Waals surface area contributed by atoms with Gasteiger partial charge in [-0.3, -0.25) is 4.79 Å². The van der Waals surface area contributed by atoms with Crippen LogP contribution in [0.3, 0.4) is 0 Å². The van der Waals surface area contributed by atoms with E-state index in [9.17, 15) is 9.90 Å². The molecule has 1 fully saturated rings. The maximum absolute atomic E-state index is 12.3. The summed E-state index contributed by atoms with van der Waals surface area (Å²) >= 11 is 0. The highest BCUT2D eigenvalue weighted by Crippen LogP contribution is 2.15. The minimum atomic E-state index is -0.230. The van der Waals surface area contributed by atoms with E-state index in [1.54, 1.807) is 12.0 Å². The Morgan fingerprint density at radius 1 is 1.58 bits per heavy atom. The molecule has 104 valence electrons. The zero-order valence-electron chi connectivity index (χ0n) is 11.0. The molecule has 19 heavy (non-hydrogen) atoms. The second-order valence-electron chi connectivity index (χ2n) is 4.53. The predicted molar refractivity (Wildman–Crippen MR) is 70.1 cm³/mol. The molecule has 1 aromatic rings. The van der Waals surface area contributed by atoms with Crippen LogP contribution in [0.25, 0.3) is 0 Å². The van der Waals surface area contributed by atoms with Crippen LogP contribution in [0.15, 0.2) is 24.3 Å². The number of carbonyl (C=O) groups excluding carboxylic acids is 1. The lowest BCUT2D eigenvalue weighted by Gasteiger charge is -2.34. The van der Waals surface area contributed by atoms with Crippen molar-refractivity contribution in [1.82, 2.24) is 4.90 Å². The van der Waals surface area contributed by atoms with Crippen LogP contribution in [0.5, 0.6) is 5.75 Å². The summed E-state index contributed by atoms with van der Waals surface area (Å²) < 4.78 is 10.4. The van der Waals surface area contributed by atoms with E-state index in [0.29, 0.717) is 26.2 Å². The van der Waals surface area contributed by atoms with Crippen LogP contribution in [0, 0.1) is 0 Å². The van der Waals surface area contributed by atoms with Crippen LogP contribution < -0.4 is 4.74 Å². The molecule has 1 amide bonds. The third-order valence-electron chi connectivity index (χ3n) is 3.25. The lowest BCUT2D eigenvalue weighted by molar-refractivity contribution is -0.140. The van der Waals surface area contributed by atoms with E-state index in [0.717, 1.165) is 11.3 Å². The molecule has 1 saturated heterocycles. The van der Waals surface area contributed by atoms with Crippen molar-refractivity contribution in [3.05, 3.63) is 29.8 Å². The van der Waals surface area contributed by atoms with Crippen molar-refractivity contribution in [2.75, 3.05) is 33.5 Å². The Bertz CT molecular complexity index is 435. The summed E-state index contributed by atoms with van der Waals surface area (Å²) in [7, 11) is 1.60. The monoisotopic (exact) mass is 265 g/mol. The lowest BCUT2D eigenvalue weighted by atomic mass is 10.1. The molecule has 1 atom stereocenters.